The number of unbranched alkanes of at least 4 members (excludes halogenated alkanes) is 3. The highest BCUT2D eigenvalue weighted by atomic mass is 16.6. The van der Waals surface area contributed by atoms with Crippen molar-refractivity contribution in [1.82, 2.24) is 41.7 Å². The van der Waals surface area contributed by atoms with Gasteiger partial charge in [-0.15, -0.1) is 0 Å². The van der Waals surface area contributed by atoms with E-state index in [9.17, 15) is 43.2 Å². The number of amides is 9. The van der Waals surface area contributed by atoms with Crippen LogP contribution in [0.2, 0.25) is 0 Å². The van der Waals surface area contributed by atoms with E-state index in [1.807, 2.05) is 103 Å². The molecule has 0 spiro atoms. The maximum Gasteiger partial charge on any atom is 0.416 e. The number of nitrogens with two attached hydrogens (primary N) is 1. The van der Waals surface area contributed by atoms with Gasteiger partial charge >= 0.3 is 24.4 Å². The van der Waals surface area contributed by atoms with Crippen LogP contribution in [0.5, 0.6) is 11.5 Å². The molecular weight excluding hydrogens is 1290 g/mol. The fourth-order valence-corrected chi connectivity index (χ4v) is 10.0. The number of rotatable bonds is 40. The lowest BCUT2D eigenvalue weighted by Crippen LogP contribution is -2.49. The minimum atomic E-state index is -1.24. The zero-order valence-electron chi connectivity index (χ0n) is 56.4. The first kappa shape index (κ1) is 76.6. The van der Waals surface area contributed by atoms with Crippen LogP contribution in [0.15, 0.2) is 200 Å². The predicted octanol–water partition coefficient (Wildman–Crippen LogP) is 9.65. The molecular formula is C76H88N10O15. The Morgan fingerprint density at radius 2 is 0.881 bits per heavy atom. The van der Waals surface area contributed by atoms with E-state index in [1.54, 1.807) is 97.1 Å². The molecule has 7 aromatic carbocycles. The van der Waals surface area contributed by atoms with Crippen molar-refractivity contribution in [2.75, 3.05) is 39.3 Å². The van der Waals surface area contributed by atoms with Gasteiger partial charge in [-0.3, -0.25) is 34.7 Å². The summed E-state index contributed by atoms with van der Waals surface area (Å²) in [6, 6.07) is 57.7. The topological polar surface area (TPSA) is 338 Å². The summed E-state index contributed by atoms with van der Waals surface area (Å²) in [6.07, 6.45) is -1.85. The summed E-state index contributed by atoms with van der Waals surface area (Å²) in [4.78, 5) is 122. The Hall–Kier alpha value is -11.8. The smallest absolute Gasteiger partial charge is 0.416 e. The van der Waals surface area contributed by atoms with Crippen molar-refractivity contribution in [3.05, 3.63) is 239 Å². The molecule has 0 aliphatic heterocycles. The Morgan fingerprint density at radius 3 is 1.41 bits per heavy atom. The van der Waals surface area contributed by atoms with E-state index in [4.69, 9.17) is 39.6 Å². The predicted molar refractivity (Wildman–Crippen MR) is 376 cm³/mol. The fourth-order valence-electron chi connectivity index (χ4n) is 10.0. The second kappa shape index (κ2) is 43.5. The fraction of sp³-hybridized carbons (Fsp3) is 0.316. The highest BCUT2D eigenvalue weighted by Crippen LogP contribution is 2.28. The lowest BCUT2D eigenvalue weighted by atomic mass is 10.1. The van der Waals surface area contributed by atoms with E-state index in [0.717, 1.165) is 21.6 Å². The second-order valence-corrected chi connectivity index (χ2v) is 23.4. The largest absolute Gasteiger partial charge is 0.489 e. The Morgan fingerprint density at radius 1 is 0.426 bits per heavy atom. The van der Waals surface area contributed by atoms with E-state index in [1.165, 1.54) is 4.90 Å². The van der Waals surface area contributed by atoms with Crippen LogP contribution in [0, 0.1) is 5.41 Å². The van der Waals surface area contributed by atoms with Crippen LogP contribution in [-0.2, 0) is 89.0 Å². The van der Waals surface area contributed by atoms with Crippen molar-refractivity contribution in [2.24, 2.45) is 5.73 Å². The summed E-state index contributed by atoms with van der Waals surface area (Å²) >= 11 is 0. The maximum atomic E-state index is 13.9. The third-order valence-corrected chi connectivity index (χ3v) is 15.5. The van der Waals surface area contributed by atoms with Gasteiger partial charge in [-0.05, 0) is 84.4 Å². The summed E-state index contributed by atoms with van der Waals surface area (Å²) in [5.74, 6) is -2.51. The van der Waals surface area contributed by atoms with Gasteiger partial charge in [-0.2, -0.15) is 0 Å². The summed E-state index contributed by atoms with van der Waals surface area (Å²) in [6.45, 7) is 0.740. The number of hydrogen-bond acceptors (Lipinski definition) is 16. The molecule has 0 aliphatic rings. The normalized spacial score (nSPS) is 11.2. The summed E-state index contributed by atoms with van der Waals surface area (Å²) in [7, 11) is 0. The van der Waals surface area contributed by atoms with Gasteiger partial charge in [-0.1, -0.05) is 188 Å². The molecule has 0 aliphatic carbocycles. The van der Waals surface area contributed by atoms with Crippen LogP contribution in [0.4, 0.5) is 19.2 Å². The molecule has 0 bridgehead atoms. The lowest BCUT2D eigenvalue weighted by Gasteiger charge is -2.24. The van der Waals surface area contributed by atoms with Crippen molar-refractivity contribution >= 4 is 59.9 Å². The van der Waals surface area contributed by atoms with E-state index < -0.39 is 72.5 Å². The standard InChI is InChI=1S/C76H88N10O15/c77-67(87)49-65(82-69(89)47-62-38-39-63(96-50-56-25-8-1-9-26-56)48-66(62)97-51-57-27-10-2-11-28-57)71(91)81-42-21-7-20-41-79-68(88)40-46-85(75(94)100-54-60-33-16-5-17-34-60)44-23-22-43-80-70(90)64(83-73(92)98-52-58-29-12-3-13-30-58)37-24-45-86(76(95)101-55-61-35-18-6-19-36-61)72(78)84-74(93)99-53-59-31-14-4-15-32-59/h1-6,8-19,25-36,38-39,48,64-65H,7,20-24,37,40-47,49-55H2,(H2,77,87)(H,79,88)(H,80,90)(H,81,91)(H,82,89)(H,83,92)(H2,78,84,93)/t64-,65-/m0/s1. The molecule has 0 fully saturated rings. The molecule has 0 saturated heterocycles. The Labute approximate surface area is 587 Å². The molecule has 0 saturated carbocycles. The molecule has 9 N–H and O–H groups in total. The average Bonchev–Trinajstić information content (AvgIpc) is 0.871. The number of guanidine groups is 1. The first-order chi connectivity index (χ1) is 49.1. The Bertz CT molecular complexity index is 3730. The van der Waals surface area contributed by atoms with Crippen LogP contribution in [0.3, 0.4) is 0 Å². The van der Waals surface area contributed by atoms with Gasteiger partial charge in [0.25, 0.3) is 0 Å². The van der Waals surface area contributed by atoms with Crippen molar-refractivity contribution in [3.63, 3.8) is 0 Å². The first-order valence-corrected chi connectivity index (χ1v) is 33.5. The number of primary amides is 1. The minimum Gasteiger partial charge on any atom is -0.489 e. The molecule has 7 rings (SSSR count). The molecule has 101 heavy (non-hydrogen) atoms. The van der Waals surface area contributed by atoms with Crippen molar-refractivity contribution in [2.45, 2.75) is 116 Å². The molecule has 532 valence electrons. The van der Waals surface area contributed by atoms with Crippen LogP contribution in [0.1, 0.15) is 96.7 Å². The van der Waals surface area contributed by atoms with Crippen LogP contribution in [0.25, 0.3) is 0 Å². The van der Waals surface area contributed by atoms with Gasteiger partial charge in [0.2, 0.25) is 35.5 Å². The van der Waals surface area contributed by atoms with Gasteiger partial charge in [-0.25, -0.2) is 24.1 Å². The van der Waals surface area contributed by atoms with Gasteiger partial charge in [0.05, 0.1) is 12.8 Å². The van der Waals surface area contributed by atoms with Gasteiger partial charge < -0.3 is 65.6 Å². The second-order valence-electron chi connectivity index (χ2n) is 23.4. The number of hydrogen-bond donors (Lipinski definition) is 8. The number of alkyl carbamates (subject to hydrolysis) is 2. The molecule has 0 unspecified atom stereocenters. The van der Waals surface area contributed by atoms with E-state index in [-0.39, 0.29) is 97.3 Å². The van der Waals surface area contributed by atoms with Crippen molar-refractivity contribution < 1.29 is 71.6 Å². The number of nitrogens with zero attached hydrogens (tertiary/aromatic N) is 2. The number of ether oxygens (including phenoxy) is 6. The average molecular weight is 1380 g/mol. The quantitative estimate of drug-likeness (QED) is 0.00767. The number of nitrogens with one attached hydrogen (secondary N) is 7. The maximum absolute atomic E-state index is 13.9. The summed E-state index contributed by atoms with van der Waals surface area (Å²) < 4.78 is 34.1. The van der Waals surface area contributed by atoms with Crippen molar-refractivity contribution in [3.8, 4) is 11.5 Å². The zero-order chi connectivity index (χ0) is 71.7. The molecule has 2 atom stereocenters. The molecule has 0 radical (unpaired) electrons. The number of carbonyl (C=O) groups excluding carboxylic acids is 9. The third kappa shape index (κ3) is 29.9. The van der Waals surface area contributed by atoms with Crippen LogP contribution >= 0.6 is 0 Å². The van der Waals surface area contributed by atoms with Crippen LogP contribution in [-0.4, -0.2) is 121 Å². The molecule has 7 aromatic rings. The lowest BCUT2D eigenvalue weighted by molar-refractivity contribution is -0.131. The zero-order valence-corrected chi connectivity index (χ0v) is 56.4. The monoisotopic (exact) mass is 1380 g/mol. The van der Waals surface area contributed by atoms with Crippen molar-refractivity contribution in [1.29, 1.82) is 5.41 Å². The SMILES string of the molecule is N=C(NC(=O)OCc1ccccc1)N(CCC[C@H](NC(=O)OCc1ccccc1)C(=O)NCCCCN(CCC(=O)NCCCCCNC(=O)[C@H](CC(N)=O)NC(=O)Cc1ccc(OCc2ccccc2)cc1OCc1ccccc1)C(=O)OCc1ccccc1)C(=O)OCc1ccccc1. The highest BCUT2D eigenvalue weighted by molar-refractivity contribution is 5.99. The van der Waals surface area contributed by atoms with Gasteiger partial charge in [0, 0.05) is 57.3 Å². The Balaban J connectivity index is 0.862. The minimum absolute atomic E-state index is 0.0102. The number of carbonyl (C=O) groups is 9. The highest BCUT2D eigenvalue weighted by Gasteiger charge is 2.28. The van der Waals surface area contributed by atoms with Gasteiger partial charge in [0.15, 0.2) is 0 Å². The Kier molecular flexibility index (Phi) is 33.0. The molecule has 0 aromatic heterocycles. The molecule has 9 amide bonds. The number of benzene rings is 7. The van der Waals surface area contributed by atoms with E-state index >= 15 is 0 Å². The molecule has 25 nitrogen and oxygen atoms in total. The summed E-state index contributed by atoms with van der Waals surface area (Å²) in [5, 5.41) is 24.8. The molecule has 0 heterocycles. The molecule has 25 heteroatoms. The van der Waals surface area contributed by atoms with E-state index in [2.05, 4.69) is 31.9 Å². The third-order valence-electron chi connectivity index (χ3n) is 15.5. The van der Waals surface area contributed by atoms with E-state index in [0.29, 0.717) is 79.0 Å². The summed E-state index contributed by atoms with van der Waals surface area (Å²) in [5.41, 5.74) is 10.8. The van der Waals surface area contributed by atoms with Crippen LogP contribution < -0.4 is 47.1 Å². The first-order valence-electron chi connectivity index (χ1n) is 33.5. The van der Waals surface area contributed by atoms with Gasteiger partial charge in [0.1, 0.15) is 63.2 Å².